The van der Waals surface area contributed by atoms with Gasteiger partial charge in [-0.05, 0) is 24.6 Å². The van der Waals surface area contributed by atoms with Gasteiger partial charge in [0.05, 0.1) is 9.82 Å². The molecule has 0 spiro atoms. The topological polar surface area (TPSA) is 110 Å². The van der Waals surface area contributed by atoms with Crippen LogP contribution in [0.3, 0.4) is 0 Å². The van der Waals surface area contributed by atoms with E-state index in [4.69, 9.17) is 4.28 Å². The van der Waals surface area contributed by atoms with Crippen LogP contribution in [0.2, 0.25) is 0 Å². The van der Waals surface area contributed by atoms with E-state index in [2.05, 4.69) is 0 Å². The summed E-state index contributed by atoms with van der Waals surface area (Å²) >= 11 is 0. The van der Waals surface area contributed by atoms with E-state index in [0.717, 1.165) is 34.9 Å². The second-order valence-corrected chi connectivity index (χ2v) is 6.64. The first-order chi connectivity index (χ1) is 11.2. The summed E-state index contributed by atoms with van der Waals surface area (Å²) in [4.78, 5) is 9.71. The predicted octanol–water partition coefficient (Wildman–Crippen LogP) is 2.15. The van der Waals surface area contributed by atoms with E-state index >= 15 is 0 Å². The van der Waals surface area contributed by atoms with Crippen LogP contribution in [0.4, 0.5) is 5.69 Å². The quantitative estimate of drug-likeness (QED) is 0.482. The highest BCUT2D eigenvalue weighted by atomic mass is 32.2. The van der Waals surface area contributed by atoms with Crippen molar-refractivity contribution in [3.8, 4) is 0 Å². The molecule has 0 aromatic heterocycles. The molecule has 2 rings (SSSR count). The van der Waals surface area contributed by atoms with Gasteiger partial charge in [-0.3, -0.25) is 10.1 Å². The zero-order chi connectivity index (χ0) is 17.9. The Bertz CT molecular complexity index is 818. The summed E-state index contributed by atoms with van der Waals surface area (Å²) in [5, 5.41) is 21.5. The van der Waals surface area contributed by atoms with Crippen molar-refractivity contribution in [1.82, 2.24) is 5.06 Å². The number of aryl methyl sites for hydroxylation is 1. The molecule has 24 heavy (non-hydrogen) atoms. The minimum Gasteiger partial charge on any atom is -0.372 e. The lowest BCUT2D eigenvalue weighted by atomic mass is 10.1. The highest BCUT2D eigenvalue weighted by molar-refractivity contribution is 7.86. The van der Waals surface area contributed by atoms with Crippen LogP contribution >= 0.6 is 0 Å². The van der Waals surface area contributed by atoms with Crippen LogP contribution in [0.5, 0.6) is 0 Å². The lowest BCUT2D eigenvalue weighted by Crippen LogP contribution is -2.28. The molecule has 0 saturated carbocycles. The zero-order valence-electron chi connectivity index (χ0n) is 13.0. The van der Waals surface area contributed by atoms with E-state index in [1.807, 2.05) is 6.92 Å². The molecule has 0 amide bonds. The Hall–Kier alpha value is -2.33. The fraction of sp³-hybridized carbons (Fsp3) is 0.200. The number of hydroxylamine groups is 2. The summed E-state index contributed by atoms with van der Waals surface area (Å²) in [7, 11) is -2.95. The minimum atomic E-state index is -4.22. The maximum Gasteiger partial charge on any atom is 0.313 e. The fourth-order valence-electron chi connectivity index (χ4n) is 1.92. The summed E-state index contributed by atoms with van der Waals surface area (Å²) in [6.45, 7) is 1.88. The standard InChI is InChI=1S/C15H16N2O6S/c1-11-3-5-12(6-4-11)15(18)16(2)23-24(21,22)14-9-7-13(8-10-14)17(19)20/h3-10,15,18H,1-2H3. The molecule has 2 aromatic rings. The summed E-state index contributed by atoms with van der Waals surface area (Å²) in [5.41, 5.74) is 1.22. The summed E-state index contributed by atoms with van der Waals surface area (Å²) in [5.74, 6) is 0. The van der Waals surface area contributed by atoms with Crippen molar-refractivity contribution in [2.45, 2.75) is 18.0 Å². The number of benzene rings is 2. The molecule has 1 unspecified atom stereocenters. The Morgan fingerprint density at radius 3 is 2.17 bits per heavy atom. The number of hydrogen-bond acceptors (Lipinski definition) is 7. The van der Waals surface area contributed by atoms with Crippen LogP contribution in [-0.4, -0.2) is 30.6 Å². The van der Waals surface area contributed by atoms with Crippen LogP contribution in [-0.2, 0) is 14.4 Å². The van der Waals surface area contributed by atoms with Gasteiger partial charge < -0.3 is 5.11 Å². The Kier molecular flexibility index (Phi) is 5.30. The smallest absolute Gasteiger partial charge is 0.313 e. The third-order valence-corrected chi connectivity index (χ3v) is 4.55. The van der Waals surface area contributed by atoms with Gasteiger partial charge in [-0.15, -0.1) is 5.06 Å². The Labute approximate surface area is 139 Å². The first kappa shape index (κ1) is 18.0. The van der Waals surface area contributed by atoms with E-state index in [9.17, 15) is 23.6 Å². The van der Waals surface area contributed by atoms with E-state index in [-0.39, 0.29) is 10.6 Å². The molecule has 0 aliphatic carbocycles. The van der Waals surface area contributed by atoms with Crippen molar-refractivity contribution in [2.24, 2.45) is 0 Å². The van der Waals surface area contributed by atoms with Crippen molar-refractivity contribution >= 4 is 15.8 Å². The molecule has 2 aromatic carbocycles. The highest BCUT2D eigenvalue weighted by Gasteiger charge is 2.24. The molecule has 9 heteroatoms. The monoisotopic (exact) mass is 352 g/mol. The van der Waals surface area contributed by atoms with Gasteiger partial charge in [0.2, 0.25) is 0 Å². The summed E-state index contributed by atoms with van der Waals surface area (Å²) in [6.07, 6.45) is -1.29. The van der Waals surface area contributed by atoms with E-state index in [1.165, 1.54) is 7.05 Å². The molecule has 0 saturated heterocycles. The molecule has 0 radical (unpaired) electrons. The van der Waals surface area contributed by atoms with Crippen LogP contribution < -0.4 is 0 Å². The van der Waals surface area contributed by atoms with Gasteiger partial charge in [0, 0.05) is 19.2 Å². The molecular weight excluding hydrogens is 336 g/mol. The Balaban J connectivity index is 2.15. The van der Waals surface area contributed by atoms with Crippen molar-refractivity contribution in [1.29, 1.82) is 0 Å². The van der Waals surface area contributed by atoms with Crippen molar-refractivity contribution < 1.29 is 22.7 Å². The normalized spacial score (nSPS) is 13.0. The fourth-order valence-corrected chi connectivity index (χ4v) is 2.87. The first-order valence-corrected chi connectivity index (χ1v) is 8.28. The van der Waals surface area contributed by atoms with Gasteiger partial charge >= 0.3 is 10.1 Å². The van der Waals surface area contributed by atoms with Crippen molar-refractivity contribution in [2.75, 3.05) is 7.05 Å². The van der Waals surface area contributed by atoms with Crippen LogP contribution in [0.15, 0.2) is 53.4 Å². The maximum absolute atomic E-state index is 12.2. The second-order valence-electron chi connectivity index (χ2n) is 5.11. The van der Waals surface area contributed by atoms with Crippen LogP contribution in [0.25, 0.3) is 0 Å². The summed E-state index contributed by atoms with van der Waals surface area (Å²) < 4.78 is 29.2. The van der Waals surface area contributed by atoms with E-state index < -0.39 is 21.3 Å². The Morgan fingerprint density at radius 2 is 1.67 bits per heavy atom. The van der Waals surface area contributed by atoms with E-state index in [0.29, 0.717) is 5.56 Å². The number of hydrogen-bond donors (Lipinski definition) is 1. The Morgan fingerprint density at radius 1 is 1.12 bits per heavy atom. The molecule has 0 heterocycles. The van der Waals surface area contributed by atoms with Crippen LogP contribution in [0.1, 0.15) is 17.4 Å². The molecule has 1 N–H and O–H groups in total. The summed E-state index contributed by atoms with van der Waals surface area (Å²) in [6, 6.07) is 11.1. The molecule has 0 aliphatic heterocycles. The van der Waals surface area contributed by atoms with Gasteiger partial charge in [-0.2, -0.15) is 12.7 Å². The van der Waals surface area contributed by atoms with Gasteiger partial charge in [-0.1, -0.05) is 29.8 Å². The lowest BCUT2D eigenvalue weighted by Gasteiger charge is -2.22. The number of non-ortho nitro benzene ring substituents is 1. The lowest BCUT2D eigenvalue weighted by molar-refractivity contribution is -0.384. The minimum absolute atomic E-state index is 0.234. The molecule has 8 nitrogen and oxygen atoms in total. The average molecular weight is 352 g/mol. The molecule has 0 bridgehead atoms. The molecule has 1 atom stereocenters. The predicted molar refractivity (Wildman–Crippen MR) is 85.3 cm³/mol. The number of aliphatic hydroxyl groups is 1. The van der Waals surface area contributed by atoms with Gasteiger partial charge in [0.15, 0.2) is 6.23 Å². The number of nitrogens with zero attached hydrogens (tertiary/aromatic N) is 2. The van der Waals surface area contributed by atoms with Crippen molar-refractivity contribution in [3.63, 3.8) is 0 Å². The van der Waals surface area contributed by atoms with Gasteiger partial charge in [0.1, 0.15) is 0 Å². The number of nitro benzene ring substituents is 1. The van der Waals surface area contributed by atoms with Gasteiger partial charge in [-0.25, -0.2) is 0 Å². The molecular formula is C15H16N2O6S. The molecule has 0 aliphatic rings. The highest BCUT2D eigenvalue weighted by Crippen LogP contribution is 2.22. The van der Waals surface area contributed by atoms with E-state index in [1.54, 1.807) is 24.3 Å². The van der Waals surface area contributed by atoms with Crippen LogP contribution in [0, 0.1) is 17.0 Å². The number of nitro groups is 1. The third-order valence-electron chi connectivity index (χ3n) is 3.27. The second kappa shape index (κ2) is 7.05. The SMILES string of the molecule is Cc1ccc(C(O)N(C)OS(=O)(=O)c2ccc([N+](=O)[O-])cc2)cc1. The van der Waals surface area contributed by atoms with Crippen molar-refractivity contribution in [3.05, 3.63) is 69.8 Å². The first-order valence-electron chi connectivity index (χ1n) is 6.87. The number of rotatable bonds is 6. The third kappa shape index (κ3) is 4.15. The molecule has 0 fully saturated rings. The molecule has 128 valence electrons. The van der Waals surface area contributed by atoms with Gasteiger partial charge in [0.25, 0.3) is 5.69 Å². The zero-order valence-corrected chi connectivity index (χ0v) is 13.8. The largest absolute Gasteiger partial charge is 0.372 e. The number of aliphatic hydroxyl groups excluding tert-OH is 1. The maximum atomic E-state index is 12.2. The average Bonchev–Trinajstić information content (AvgIpc) is 2.54.